The minimum Gasteiger partial charge on any atom is -0.493 e. The fourth-order valence-electron chi connectivity index (χ4n) is 4.85. The highest BCUT2D eigenvalue weighted by Crippen LogP contribution is 2.27. The molecule has 0 unspecified atom stereocenters. The zero-order valence-corrected chi connectivity index (χ0v) is 22.4. The number of aromatic amines is 1. The first-order chi connectivity index (χ1) is 19.8. The monoisotopic (exact) mass is 531 g/mol. The fraction of sp³-hybridized carbons (Fsp3) is 0.219. The summed E-state index contributed by atoms with van der Waals surface area (Å²) in [6, 6.07) is 28.5. The van der Waals surface area contributed by atoms with E-state index in [1.807, 2.05) is 54.7 Å². The highest BCUT2D eigenvalue weighted by molar-refractivity contribution is 5.71. The minimum atomic E-state index is 0.510. The summed E-state index contributed by atoms with van der Waals surface area (Å²) in [6.45, 7) is 6.12. The molecule has 0 bridgehead atoms. The summed E-state index contributed by atoms with van der Waals surface area (Å²) in [6.07, 6.45) is 4.56. The van der Waals surface area contributed by atoms with Gasteiger partial charge in [-0.05, 0) is 41.8 Å². The van der Waals surface area contributed by atoms with E-state index in [0.717, 1.165) is 78.9 Å². The quantitative estimate of drug-likeness (QED) is 0.202. The van der Waals surface area contributed by atoms with E-state index in [0.29, 0.717) is 12.6 Å². The first-order valence-electron chi connectivity index (χ1n) is 13.8. The normalized spacial score (nSPS) is 13.7. The number of rotatable bonds is 10. The van der Waals surface area contributed by atoms with Crippen LogP contribution in [0.2, 0.25) is 0 Å². The molecule has 6 rings (SSSR count). The number of hydrogen-bond donors (Lipinski definition) is 3. The molecule has 202 valence electrons. The number of nitrogens with one attached hydrogen (secondary N) is 3. The third kappa shape index (κ3) is 6.54. The topological polar surface area (TPSA) is 91.0 Å². The Bertz CT molecular complexity index is 1530. The van der Waals surface area contributed by atoms with E-state index in [4.69, 9.17) is 9.72 Å². The summed E-state index contributed by atoms with van der Waals surface area (Å²) >= 11 is 0. The standard InChI is InChI=1S/C32H33N7O/c1-2-7-24(8-3-1)25-9-4-10-26(21-25)31-35-23-30(37-31)29-13-14-34-32(38-29)36-27-11-5-12-28(22-27)40-20-6-17-39-18-15-33-16-19-39/h1-5,7-14,21-23,33H,6,15-20H2,(H,35,37)(H,34,36,38). The smallest absolute Gasteiger partial charge is 0.227 e. The molecule has 1 aliphatic heterocycles. The molecule has 1 aliphatic rings. The Morgan fingerprint density at radius 1 is 0.825 bits per heavy atom. The number of anilines is 2. The molecule has 0 amide bonds. The van der Waals surface area contributed by atoms with Gasteiger partial charge >= 0.3 is 0 Å². The van der Waals surface area contributed by atoms with E-state index in [-0.39, 0.29) is 0 Å². The van der Waals surface area contributed by atoms with Crippen LogP contribution in [-0.2, 0) is 0 Å². The van der Waals surface area contributed by atoms with Crippen LogP contribution in [0.1, 0.15) is 6.42 Å². The van der Waals surface area contributed by atoms with Crippen LogP contribution in [0.15, 0.2) is 97.3 Å². The predicted octanol–water partition coefficient (Wildman–Crippen LogP) is 5.62. The second-order valence-corrected chi connectivity index (χ2v) is 9.80. The van der Waals surface area contributed by atoms with E-state index < -0.39 is 0 Å². The molecule has 0 saturated carbocycles. The molecule has 3 aromatic carbocycles. The first kappa shape index (κ1) is 25.7. The molecule has 8 nitrogen and oxygen atoms in total. The van der Waals surface area contributed by atoms with Gasteiger partial charge in [-0.1, -0.05) is 54.6 Å². The molecule has 1 saturated heterocycles. The van der Waals surface area contributed by atoms with Crippen molar-refractivity contribution >= 4 is 11.6 Å². The van der Waals surface area contributed by atoms with Crippen LogP contribution in [0.3, 0.4) is 0 Å². The molecule has 40 heavy (non-hydrogen) atoms. The lowest BCUT2D eigenvalue weighted by Crippen LogP contribution is -2.43. The summed E-state index contributed by atoms with van der Waals surface area (Å²) in [5.41, 5.74) is 5.80. The maximum atomic E-state index is 6.01. The molecule has 5 aromatic rings. The summed E-state index contributed by atoms with van der Waals surface area (Å²) in [5.74, 6) is 2.13. The van der Waals surface area contributed by atoms with Gasteiger partial charge in [-0.15, -0.1) is 0 Å². The van der Waals surface area contributed by atoms with Gasteiger partial charge in [0.2, 0.25) is 5.95 Å². The van der Waals surface area contributed by atoms with Crippen LogP contribution < -0.4 is 15.4 Å². The lowest BCUT2D eigenvalue weighted by molar-refractivity contribution is 0.214. The Morgan fingerprint density at radius 2 is 1.65 bits per heavy atom. The lowest BCUT2D eigenvalue weighted by atomic mass is 10.0. The number of nitrogens with zero attached hydrogens (tertiary/aromatic N) is 4. The van der Waals surface area contributed by atoms with Crippen LogP contribution in [0.5, 0.6) is 5.75 Å². The van der Waals surface area contributed by atoms with Gasteiger partial charge in [0.1, 0.15) is 11.6 Å². The summed E-state index contributed by atoms with van der Waals surface area (Å²) in [7, 11) is 0. The molecular weight excluding hydrogens is 498 g/mol. The number of aromatic nitrogens is 4. The third-order valence-electron chi connectivity index (χ3n) is 6.94. The first-order valence-corrected chi connectivity index (χ1v) is 13.8. The molecule has 0 radical (unpaired) electrons. The Balaban J connectivity index is 1.09. The number of benzene rings is 3. The van der Waals surface area contributed by atoms with Gasteiger partial charge in [-0.3, -0.25) is 0 Å². The minimum absolute atomic E-state index is 0.510. The van der Waals surface area contributed by atoms with Crippen molar-refractivity contribution in [3.8, 4) is 39.7 Å². The number of piperazine rings is 1. The zero-order valence-electron chi connectivity index (χ0n) is 22.4. The van der Waals surface area contributed by atoms with E-state index in [9.17, 15) is 0 Å². The van der Waals surface area contributed by atoms with E-state index >= 15 is 0 Å². The third-order valence-corrected chi connectivity index (χ3v) is 6.94. The molecule has 0 spiro atoms. The van der Waals surface area contributed by atoms with Crippen LogP contribution in [0.4, 0.5) is 11.6 Å². The van der Waals surface area contributed by atoms with Crippen molar-refractivity contribution in [3.63, 3.8) is 0 Å². The molecule has 3 heterocycles. The lowest BCUT2D eigenvalue weighted by Gasteiger charge is -2.26. The molecule has 2 aromatic heterocycles. The maximum Gasteiger partial charge on any atom is 0.227 e. The summed E-state index contributed by atoms with van der Waals surface area (Å²) in [4.78, 5) is 19.7. The zero-order chi connectivity index (χ0) is 27.0. The van der Waals surface area contributed by atoms with Crippen LogP contribution >= 0.6 is 0 Å². The largest absolute Gasteiger partial charge is 0.493 e. The van der Waals surface area contributed by atoms with E-state index in [1.165, 1.54) is 5.56 Å². The molecule has 8 heteroatoms. The average molecular weight is 532 g/mol. The average Bonchev–Trinajstić information content (AvgIpc) is 3.52. The molecule has 1 fully saturated rings. The molecule has 0 aliphatic carbocycles. The fourth-order valence-corrected chi connectivity index (χ4v) is 4.85. The van der Waals surface area contributed by atoms with Crippen molar-refractivity contribution in [2.24, 2.45) is 0 Å². The molecule has 3 N–H and O–H groups in total. The van der Waals surface area contributed by atoms with Gasteiger partial charge in [-0.25, -0.2) is 15.0 Å². The van der Waals surface area contributed by atoms with Gasteiger partial charge in [0.25, 0.3) is 0 Å². The van der Waals surface area contributed by atoms with E-state index in [1.54, 1.807) is 6.20 Å². The van der Waals surface area contributed by atoms with Gasteiger partial charge in [0.05, 0.1) is 24.2 Å². The number of H-pyrrole nitrogens is 1. The van der Waals surface area contributed by atoms with Crippen LogP contribution in [0.25, 0.3) is 33.9 Å². The summed E-state index contributed by atoms with van der Waals surface area (Å²) < 4.78 is 6.01. The van der Waals surface area contributed by atoms with Crippen molar-refractivity contribution in [3.05, 3.63) is 97.3 Å². The Kier molecular flexibility index (Phi) is 8.07. The molecule has 0 atom stereocenters. The second-order valence-electron chi connectivity index (χ2n) is 9.80. The second kappa shape index (κ2) is 12.5. The summed E-state index contributed by atoms with van der Waals surface area (Å²) in [5, 5.41) is 6.70. The highest BCUT2D eigenvalue weighted by Gasteiger charge is 2.11. The van der Waals surface area contributed by atoms with Gasteiger partial charge in [0.15, 0.2) is 0 Å². The maximum absolute atomic E-state index is 6.01. The van der Waals surface area contributed by atoms with Crippen molar-refractivity contribution < 1.29 is 4.74 Å². The highest BCUT2D eigenvalue weighted by atomic mass is 16.5. The van der Waals surface area contributed by atoms with Gasteiger partial charge < -0.3 is 25.3 Å². The van der Waals surface area contributed by atoms with Crippen LogP contribution in [0, 0.1) is 0 Å². The SMILES string of the molecule is c1ccc(-c2cccc(-c3ncc(-c4ccnc(Nc5cccc(OCCCN6CCNCC6)c5)n4)[nH]3)c2)cc1. The number of ether oxygens (including phenoxy) is 1. The molecular formula is C32H33N7O. The van der Waals surface area contributed by atoms with Crippen molar-refractivity contribution in [2.45, 2.75) is 6.42 Å². The Hall–Kier alpha value is -4.53. The van der Waals surface area contributed by atoms with Gasteiger partial charge in [0, 0.05) is 56.2 Å². The van der Waals surface area contributed by atoms with Crippen molar-refractivity contribution in [2.75, 3.05) is 44.6 Å². The predicted molar refractivity (Wildman–Crippen MR) is 160 cm³/mol. The van der Waals surface area contributed by atoms with Gasteiger partial charge in [-0.2, -0.15) is 0 Å². The number of hydrogen-bond acceptors (Lipinski definition) is 7. The van der Waals surface area contributed by atoms with E-state index in [2.05, 4.69) is 66.9 Å². The Morgan fingerprint density at radius 3 is 2.55 bits per heavy atom. The Labute approximate surface area is 234 Å². The van der Waals surface area contributed by atoms with Crippen molar-refractivity contribution in [1.29, 1.82) is 0 Å². The van der Waals surface area contributed by atoms with Crippen molar-refractivity contribution in [1.82, 2.24) is 30.2 Å². The number of imidazole rings is 1. The van der Waals surface area contributed by atoms with Crippen LogP contribution in [-0.4, -0.2) is 64.2 Å².